The number of urea groups is 1. The third kappa shape index (κ3) is 4.46. The van der Waals surface area contributed by atoms with E-state index in [0.29, 0.717) is 18.7 Å². The van der Waals surface area contributed by atoms with Gasteiger partial charge < -0.3 is 10.6 Å². The Balaban J connectivity index is 1.87. The number of hydrogen-bond acceptors (Lipinski definition) is 3. The normalized spacial score (nSPS) is 10.0. The molecule has 2 N–H and O–H groups in total. The van der Waals surface area contributed by atoms with Gasteiger partial charge >= 0.3 is 6.03 Å². The predicted molar refractivity (Wildman–Crippen MR) is 85.3 cm³/mol. The Morgan fingerprint density at radius 1 is 1.18 bits per heavy atom. The van der Waals surface area contributed by atoms with E-state index in [-0.39, 0.29) is 10.7 Å². The van der Waals surface area contributed by atoms with Crippen molar-refractivity contribution < 1.29 is 9.72 Å². The van der Waals surface area contributed by atoms with Gasteiger partial charge in [-0.05, 0) is 24.1 Å². The Hall–Kier alpha value is -2.60. The summed E-state index contributed by atoms with van der Waals surface area (Å²) in [5.41, 5.74) is 1.18. The molecule has 6 nitrogen and oxygen atoms in total. The molecular formula is C15H14ClN3O3. The summed E-state index contributed by atoms with van der Waals surface area (Å²) in [6, 6.07) is 13.4. The van der Waals surface area contributed by atoms with Gasteiger partial charge in [-0.1, -0.05) is 41.9 Å². The van der Waals surface area contributed by atoms with Gasteiger partial charge in [-0.25, -0.2) is 4.79 Å². The van der Waals surface area contributed by atoms with Crippen LogP contribution in [-0.4, -0.2) is 17.5 Å². The molecule has 114 valence electrons. The second kappa shape index (κ2) is 7.42. The quantitative estimate of drug-likeness (QED) is 0.652. The van der Waals surface area contributed by atoms with Gasteiger partial charge in [0.05, 0.1) is 4.92 Å². The van der Waals surface area contributed by atoms with Crippen LogP contribution in [0, 0.1) is 10.1 Å². The molecule has 7 heteroatoms. The van der Waals surface area contributed by atoms with Crippen molar-refractivity contribution in [3.05, 3.63) is 69.2 Å². The van der Waals surface area contributed by atoms with Crippen molar-refractivity contribution in [1.82, 2.24) is 5.32 Å². The standard InChI is InChI=1S/C15H14ClN3O3/c16-13-7-6-12(10-14(13)19(21)22)18-15(20)17-9-8-11-4-2-1-3-5-11/h1-7,10H,8-9H2,(H2,17,18,20). The number of nitro benzene ring substituents is 1. The largest absolute Gasteiger partial charge is 0.338 e. The van der Waals surface area contributed by atoms with Crippen LogP contribution in [0.15, 0.2) is 48.5 Å². The highest BCUT2D eigenvalue weighted by atomic mass is 35.5. The topological polar surface area (TPSA) is 84.3 Å². The molecule has 0 aromatic heterocycles. The van der Waals surface area contributed by atoms with Gasteiger partial charge in [-0.2, -0.15) is 0 Å². The van der Waals surface area contributed by atoms with Gasteiger partial charge in [0.15, 0.2) is 0 Å². The molecule has 2 amide bonds. The first-order valence-corrected chi connectivity index (χ1v) is 6.97. The molecule has 2 aromatic rings. The van der Waals surface area contributed by atoms with E-state index in [1.165, 1.54) is 18.2 Å². The maximum atomic E-state index is 11.7. The smallest absolute Gasteiger partial charge is 0.319 e. The second-order valence-corrected chi connectivity index (χ2v) is 4.95. The summed E-state index contributed by atoms with van der Waals surface area (Å²) in [6.45, 7) is 0.464. The van der Waals surface area contributed by atoms with E-state index in [9.17, 15) is 14.9 Å². The van der Waals surface area contributed by atoms with Crippen molar-refractivity contribution in [2.24, 2.45) is 0 Å². The minimum Gasteiger partial charge on any atom is -0.338 e. The molecule has 0 heterocycles. The van der Waals surface area contributed by atoms with Gasteiger partial charge in [-0.3, -0.25) is 10.1 Å². The number of rotatable bonds is 5. The fourth-order valence-electron chi connectivity index (χ4n) is 1.87. The molecule has 0 atom stereocenters. The minimum absolute atomic E-state index is 0.0278. The first-order valence-electron chi connectivity index (χ1n) is 6.59. The molecule has 0 spiro atoms. The highest BCUT2D eigenvalue weighted by Crippen LogP contribution is 2.27. The number of nitrogens with one attached hydrogen (secondary N) is 2. The lowest BCUT2D eigenvalue weighted by molar-refractivity contribution is -0.384. The van der Waals surface area contributed by atoms with E-state index in [1.54, 1.807) is 0 Å². The Kier molecular flexibility index (Phi) is 5.32. The Morgan fingerprint density at radius 3 is 2.59 bits per heavy atom. The highest BCUT2D eigenvalue weighted by Gasteiger charge is 2.13. The number of halogens is 1. The van der Waals surface area contributed by atoms with Gasteiger partial charge in [0.1, 0.15) is 5.02 Å². The van der Waals surface area contributed by atoms with E-state index in [2.05, 4.69) is 10.6 Å². The lowest BCUT2D eigenvalue weighted by Gasteiger charge is -2.08. The molecule has 0 fully saturated rings. The van der Waals surface area contributed by atoms with Crippen molar-refractivity contribution >= 4 is 29.0 Å². The monoisotopic (exact) mass is 319 g/mol. The van der Waals surface area contributed by atoms with Crippen LogP contribution in [0.2, 0.25) is 5.02 Å². The Labute approximate surface area is 132 Å². The van der Waals surface area contributed by atoms with E-state index >= 15 is 0 Å². The predicted octanol–water partition coefficient (Wildman–Crippen LogP) is 3.61. The van der Waals surface area contributed by atoms with E-state index < -0.39 is 11.0 Å². The molecule has 2 aromatic carbocycles. The van der Waals surface area contributed by atoms with Crippen molar-refractivity contribution in [3.63, 3.8) is 0 Å². The van der Waals surface area contributed by atoms with E-state index in [1.807, 2.05) is 30.3 Å². The van der Waals surface area contributed by atoms with E-state index in [0.717, 1.165) is 5.56 Å². The molecule has 0 aliphatic heterocycles. The zero-order chi connectivity index (χ0) is 15.9. The summed E-state index contributed by atoms with van der Waals surface area (Å²) in [7, 11) is 0. The van der Waals surface area contributed by atoms with Gasteiger partial charge in [0.2, 0.25) is 0 Å². The fourth-order valence-corrected chi connectivity index (χ4v) is 2.06. The van der Waals surface area contributed by atoms with Crippen molar-refractivity contribution in [3.8, 4) is 0 Å². The average molecular weight is 320 g/mol. The van der Waals surface area contributed by atoms with Crippen LogP contribution in [-0.2, 0) is 6.42 Å². The molecule has 2 rings (SSSR count). The number of amides is 2. The number of anilines is 1. The summed E-state index contributed by atoms with van der Waals surface area (Å²) >= 11 is 5.71. The van der Waals surface area contributed by atoms with Gasteiger partial charge in [0.25, 0.3) is 5.69 Å². The first kappa shape index (κ1) is 15.8. The van der Waals surface area contributed by atoms with Crippen molar-refractivity contribution in [2.45, 2.75) is 6.42 Å². The SMILES string of the molecule is O=C(NCCc1ccccc1)Nc1ccc(Cl)c([N+](=O)[O-])c1. The zero-order valence-electron chi connectivity index (χ0n) is 11.6. The average Bonchev–Trinajstić information content (AvgIpc) is 2.50. The molecular weight excluding hydrogens is 306 g/mol. The number of benzene rings is 2. The number of carbonyl (C=O) groups excluding carboxylic acids is 1. The Morgan fingerprint density at radius 2 is 1.91 bits per heavy atom. The first-order chi connectivity index (χ1) is 10.6. The molecule has 0 bridgehead atoms. The van der Waals surface area contributed by atoms with Gasteiger partial charge in [-0.15, -0.1) is 0 Å². The third-order valence-corrected chi connectivity index (χ3v) is 3.26. The van der Waals surface area contributed by atoms with Crippen LogP contribution < -0.4 is 10.6 Å². The number of carbonyl (C=O) groups is 1. The molecule has 0 radical (unpaired) electrons. The summed E-state index contributed by atoms with van der Waals surface area (Å²) in [5, 5.41) is 16.0. The fraction of sp³-hybridized carbons (Fsp3) is 0.133. The lowest BCUT2D eigenvalue weighted by Crippen LogP contribution is -2.30. The van der Waals surface area contributed by atoms with Crippen LogP contribution >= 0.6 is 11.6 Å². The van der Waals surface area contributed by atoms with Crippen molar-refractivity contribution in [1.29, 1.82) is 0 Å². The molecule has 22 heavy (non-hydrogen) atoms. The molecule has 0 saturated heterocycles. The third-order valence-electron chi connectivity index (χ3n) is 2.94. The summed E-state index contributed by atoms with van der Waals surface area (Å²) in [5.74, 6) is 0. The maximum absolute atomic E-state index is 11.7. The Bertz CT molecular complexity index is 677. The molecule has 0 aliphatic rings. The zero-order valence-corrected chi connectivity index (χ0v) is 12.3. The molecule has 0 saturated carbocycles. The van der Waals surface area contributed by atoms with Crippen LogP contribution in [0.25, 0.3) is 0 Å². The number of nitrogens with zero attached hydrogens (tertiary/aromatic N) is 1. The minimum atomic E-state index is -0.596. The molecule has 0 aliphatic carbocycles. The van der Waals surface area contributed by atoms with Gasteiger partial charge in [0, 0.05) is 18.3 Å². The number of nitro groups is 1. The lowest BCUT2D eigenvalue weighted by atomic mass is 10.1. The molecule has 0 unspecified atom stereocenters. The highest BCUT2D eigenvalue weighted by molar-refractivity contribution is 6.32. The summed E-state index contributed by atoms with van der Waals surface area (Å²) in [4.78, 5) is 21.9. The van der Waals surface area contributed by atoms with Crippen molar-refractivity contribution in [2.75, 3.05) is 11.9 Å². The summed E-state index contributed by atoms with van der Waals surface area (Å²) < 4.78 is 0. The van der Waals surface area contributed by atoms with E-state index in [4.69, 9.17) is 11.6 Å². The van der Waals surface area contributed by atoms with Crippen LogP contribution in [0.5, 0.6) is 0 Å². The van der Waals surface area contributed by atoms with Crippen LogP contribution in [0.4, 0.5) is 16.2 Å². The summed E-state index contributed by atoms with van der Waals surface area (Å²) in [6.07, 6.45) is 0.703. The van der Waals surface area contributed by atoms with Crippen LogP contribution in [0.1, 0.15) is 5.56 Å². The second-order valence-electron chi connectivity index (χ2n) is 4.54. The van der Waals surface area contributed by atoms with Crippen LogP contribution in [0.3, 0.4) is 0 Å². The number of hydrogen-bond donors (Lipinski definition) is 2. The maximum Gasteiger partial charge on any atom is 0.319 e.